The van der Waals surface area contributed by atoms with Gasteiger partial charge in [0.25, 0.3) is 5.69 Å². The number of nitrogens with zero attached hydrogens (tertiary/aromatic N) is 2. The van der Waals surface area contributed by atoms with Gasteiger partial charge in [-0.15, -0.1) is 0 Å². The van der Waals surface area contributed by atoms with E-state index in [9.17, 15) is 10.1 Å². The summed E-state index contributed by atoms with van der Waals surface area (Å²) in [5, 5.41) is 10.7. The van der Waals surface area contributed by atoms with Crippen molar-refractivity contribution in [2.45, 2.75) is 0 Å². The normalized spacial score (nSPS) is 18.6. The number of rotatable bonds is 2. The van der Waals surface area contributed by atoms with Gasteiger partial charge < -0.3 is 19.1 Å². The molecule has 0 bridgehead atoms. The van der Waals surface area contributed by atoms with Crippen molar-refractivity contribution in [3.63, 3.8) is 0 Å². The smallest absolute Gasteiger partial charge is 0.269 e. The Kier molecular flexibility index (Phi) is 6.39. The molecule has 0 atom stereocenters. The second-order valence-electron chi connectivity index (χ2n) is 4.60. The Morgan fingerprint density at radius 2 is 1.33 bits per heavy atom. The summed E-state index contributed by atoms with van der Waals surface area (Å²) in [7, 11) is 0. The number of ether oxygens (including phenoxy) is 3. The summed E-state index contributed by atoms with van der Waals surface area (Å²) >= 11 is 0. The molecule has 0 aliphatic carbocycles. The molecule has 116 valence electrons. The zero-order valence-electron chi connectivity index (χ0n) is 11.9. The highest BCUT2D eigenvalue weighted by molar-refractivity contribution is 5.50. The van der Waals surface area contributed by atoms with E-state index in [2.05, 4.69) is 4.90 Å². The van der Waals surface area contributed by atoms with Crippen LogP contribution in [-0.4, -0.2) is 57.7 Å². The Bertz CT molecular complexity index is 425. The van der Waals surface area contributed by atoms with Gasteiger partial charge in [0.1, 0.15) is 0 Å². The number of non-ortho nitro benzene ring substituents is 1. The molecule has 1 heterocycles. The summed E-state index contributed by atoms with van der Waals surface area (Å²) < 4.78 is 16.3. The third kappa shape index (κ3) is 5.30. The van der Waals surface area contributed by atoms with Crippen molar-refractivity contribution in [2.24, 2.45) is 0 Å². The van der Waals surface area contributed by atoms with Gasteiger partial charge in [0.2, 0.25) is 0 Å². The lowest BCUT2D eigenvalue weighted by Gasteiger charge is -2.25. The number of hydrogen-bond donors (Lipinski definition) is 0. The second kappa shape index (κ2) is 8.56. The third-order valence-electron chi connectivity index (χ3n) is 3.18. The van der Waals surface area contributed by atoms with Crippen LogP contribution in [0.25, 0.3) is 0 Å². The molecular weight excluding hydrogens is 276 g/mol. The van der Waals surface area contributed by atoms with Gasteiger partial charge in [0, 0.05) is 30.9 Å². The van der Waals surface area contributed by atoms with Crippen LogP contribution in [0.5, 0.6) is 0 Å². The molecule has 7 heteroatoms. The van der Waals surface area contributed by atoms with Crippen LogP contribution in [0.4, 0.5) is 11.4 Å². The van der Waals surface area contributed by atoms with Gasteiger partial charge in [-0.3, -0.25) is 10.1 Å². The summed E-state index contributed by atoms with van der Waals surface area (Å²) in [6.07, 6.45) is 0. The minimum Gasteiger partial charge on any atom is -0.377 e. The molecule has 1 aromatic carbocycles. The maximum absolute atomic E-state index is 10.7. The van der Waals surface area contributed by atoms with Crippen molar-refractivity contribution in [3.05, 3.63) is 34.4 Å². The standard InChI is InChI=1S/C14H20N2O5/c17-16(18)14-3-1-13(2-4-14)15-5-7-19-9-11-21-12-10-20-8-6-15/h1-4H,5-12H2. The molecule has 0 N–H and O–H groups in total. The quantitative estimate of drug-likeness (QED) is 0.607. The number of anilines is 1. The first-order valence-corrected chi connectivity index (χ1v) is 7.00. The first-order valence-electron chi connectivity index (χ1n) is 7.00. The molecule has 1 saturated heterocycles. The summed E-state index contributed by atoms with van der Waals surface area (Å²) in [6.45, 7) is 4.85. The number of hydrogen-bond acceptors (Lipinski definition) is 6. The molecule has 7 nitrogen and oxygen atoms in total. The molecule has 0 amide bonds. The van der Waals surface area contributed by atoms with E-state index in [1.807, 2.05) is 0 Å². The minimum atomic E-state index is -0.396. The zero-order chi connectivity index (χ0) is 14.9. The fourth-order valence-electron chi connectivity index (χ4n) is 2.05. The first kappa shape index (κ1) is 15.7. The van der Waals surface area contributed by atoms with E-state index in [-0.39, 0.29) is 5.69 Å². The van der Waals surface area contributed by atoms with E-state index in [1.54, 1.807) is 12.1 Å². The number of nitro benzene ring substituents is 1. The van der Waals surface area contributed by atoms with E-state index >= 15 is 0 Å². The third-order valence-corrected chi connectivity index (χ3v) is 3.18. The van der Waals surface area contributed by atoms with Gasteiger partial charge in [-0.2, -0.15) is 0 Å². The molecule has 1 aromatic rings. The summed E-state index contributed by atoms with van der Waals surface area (Å²) in [6, 6.07) is 6.54. The van der Waals surface area contributed by atoms with Crippen LogP contribution in [0.1, 0.15) is 0 Å². The van der Waals surface area contributed by atoms with Crippen LogP contribution in [0.2, 0.25) is 0 Å². The lowest BCUT2D eigenvalue weighted by molar-refractivity contribution is -0.384. The van der Waals surface area contributed by atoms with Gasteiger partial charge in [0.05, 0.1) is 44.6 Å². The Morgan fingerprint density at radius 3 is 1.81 bits per heavy atom. The molecule has 0 saturated carbocycles. The highest BCUT2D eigenvalue weighted by Crippen LogP contribution is 2.19. The average molecular weight is 296 g/mol. The topological polar surface area (TPSA) is 74.1 Å². The highest BCUT2D eigenvalue weighted by atomic mass is 16.6. The van der Waals surface area contributed by atoms with Crippen LogP contribution in [0, 0.1) is 10.1 Å². The molecule has 21 heavy (non-hydrogen) atoms. The number of nitro groups is 1. The molecule has 0 radical (unpaired) electrons. The summed E-state index contributed by atoms with van der Waals surface area (Å²) in [4.78, 5) is 12.4. The van der Waals surface area contributed by atoms with Crippen LogP contribution in [0.3, 0.4) is 0 Å². The predicted octanol–water partition coefficient (Wildman–Crippen LogP) is 1.46. The van der Waals surface area contributed by atoms with Crippen LogP contribution < -0.4 is 4.90 Å². The molecular formula is C14H20N2O5. The molecule has 0 aromatic heterocycles. The van der Waals surface area contributed by atoms with E-state index in [0.717, 1.165) is 5.69 Å². The molecule has 2 rings (SSSR count). The van der Waals surface area contributed by atoms with Crippen LogP contribution >= 0.6 is 0 Å². The monoisotopic (exact) mass is 296 g/mol. The van der Waals surface area contributed by atoms with Crippen molar-refractivity contribution in [1.29, 1.82) is 0 Å². The van der Waals surface area contributed by atoms with Gasteiger partial charge in [0.15, 0.2) is 0 Å². The largest absolute Gasteiger partial charge is 0.377 e. The number of benzene rings is 1. The van der Waals surface area contributed by atoms with Crippen molar-refractivity contribution in [1.82, 2.24) is 0 Å². The Hall–Kier alpha value is -1.70. The van der Waals surface area contributed by atoms with E-state index < -0.39 is 4.92 Å². The first-order chi connectivity index (χ1) is 10.3. The van der Waals surface area contributed by atoms with Crippen LogP contribution in [-0.2, 0) is 14.2 Å². The van der Waals surface area contributed by atoms with Gasteiger partial charge in [-0.1, -0.05) is 0 Å². The second-order valence-corrected chi connectivity index (χ2v) is 4.60. The molecule has 1 aliphatic rings. The summed E-state index contributed by atoms with van der Waals surface area (Å²) in [5.74, 6) is 0. The van der Waals surface area contributed by atoms with E-state index in [4.69, 9.17) is 14.2 Å². The van der Waals surface area contributed by atoms with Crippen molar-refractivity contribution in [2.75, 3.05) is 57.6 Å². The fraction of sp³-hybridized carbons (Fsp3) is 0.571. The van der Waals surface area contributed by atoms with Gasteiger partial charge in [-0.25, -0.2) is 0 Å². The molecule has 0 unspecified atom stereocenters. The molecule has 1 fully saturated rings. The van der Waals surface area contributed by atoms with Gasteiger partial charge >= 0.3 is 0 Å². The van der Waals surface area contributed by atoms with Crippen LogP contribution in [0.15, 0.2) is 24.3 Å². The van der Waals surface area contributed by atoms with Gasteiger partial charge in [-0.05, 0) is 12.1 Å². The van der Waals surface area contributed by atoms with E-state index in [0.29, 0.717) is 52.7 Å². The van der Waals surface area contributed by atoms with Crippen molar-refractivity contribution in [3.8, 4) is 0 Å². The maximum atomic E-state index is 10.7. The Balaban J connectivity index is 1.97. The average Bonchev–Trinajstić information content (AvgIpc) is 2.48. The molecule has 0 spiro atoms. The summed E-state index contributed by atoms with van der Waals surface area (Å²) in [5.41, 5.74) is 1.03. The Labute approximate surface area is 123 Å². The SMILES string of the molecule is O=[N+]([O-])c1ccc(N2CCOCCOCCOCC2)cc1. The maximum Gasteiger partial charge on any atom is 0.269 e. The van der Waals surface area contributed by atoms with Crippen molar-refractivity contribution < 1.29 is 19.1 Å². The fourth-order valence-corrected chi connectivity index (χ4v) is 2.05. The zero-order valence-corrected chi connectivity index (χ0v) is 11.9. The van der Waals surface area contributed by atoms with Crippen molar-refractivity contribution >= 4 is 11.4 Å². The predicted molar refractivity (Wildman–Crippen MR) is 77.8 cm³/mol. The minimum absolute atomic E-state index is 0.0951. The lowest BCUT2D eigenvalue weighted by atomic mass is 10.2. The molecule has 1 aliphatic heterocycles. The van der Waals surface area contributed by atoms with E-state index in [1.165, 1.54) is 12.1 Å². The lowest BCUT2D eigenvalue weighted by Crippen LogP contribution is -2.32. The highest BCUT2D eigenvalue weighted by Gasteiger charge is 2.10. The Morgan fingerprint density at radius 1 is 0.857 bits per heavy atom.